The van der Waals surface area contributed by atoms with E-state index in [1.165, 1.54) is 57.8 Å². The summed E-state index contributed by atoms with van der Waals surface area (Å²) in [5.74, 6) is 0. The lowest BCUT2D eigenvalue weighted by Crippen LogP contribution is -2.41. The van der Waals surface area contributed by atoms with Gasteiger partial charge in [-0.05, 0) is 48.1 Å². The first-order chi connectivity index (χ1) is 12.4. The van der Waals surface area contributed by atoms with Crippen molar-refractivity contribution < 1.29 is 0 Å². The van der Waals surface area contributed by atoms with E-state index in [0.717, 1.165) is 19.9 Å². The molecule has 2 aliphatic rings. The van der Waals surface area contributed by atoms with Gasteiger partial charge in [0.25, 0.3) is 0 Å². The summed E-state index contributed by atoms with van der Waals surface area (Å²) in [6.45, 7) is 0. The maximum absolute atomic E-state index is 2.40. The van der Waals surface area contributed by atoms with Crippen LogP contribution in [-0.2, 0) is 5.41 Å². The average Bonchev–Trinajstić information content (AvgIpc) is 2.71. The van der Waals surface area contributed by atoms with Crippen LogP contribution in [0.15, 0.2) is 60.7 Å². The van der Waals surface area contributed by atoms with E-state index in [1.807, 2.05) is 0 Å². The van der Waals surface area contributed by atoms with Gasteiger partial charge in [-0.1, -0.05) is 92.8 Å². The van der Waals surface area contributed by atoms with Gasteiger partial charge in [0, 0.05) is 5.41 Å². The molecule has 0 bridgehead atoms. The second-order valence-electron chi connectivity index (χ2n) is 8.00. The van der Waals surface area contributed by atoms with Crippen LogP contribution in [0.4, 0.5) is 0 Å². The molecule has 2 saturated carbocycles. The van der Waals surface area contributed by atoms with Crippen molar-refractivity contribution in [2.24, 2.45) is 0 Å². The minimum atomic E-state index is 0.247. The van der Waals surface area contributed by atoms with Gasteiger partial charge in [0.05, 0.1) is 0 Å². The summed E-state index contributed by atoms with van der Waals surface area (Å²) in [7, 11) is 1.13. The van der Waals surface area contributed by atoms with Crippen LogP contribution in [0.3, 0.4) is 0 Å². The van der Waals surface area contributed by atoms with Crippen LogP contribution in [0.5, 0.6) is 0 Å². The molecule has 132 valence electrons. The third-order valence-corrected chi connectivity index (χ3v) is 8.76. The molecule has 0 spiro atoms. The van der Waals surface area contributed by atoms with Crippen molar-refractivity contribution in [2.45, 2.75) is 74.5 Å². The molecule has 2 fully saturated rings. The van der Waals surface area contributed by atoms with E-state index >= 15 is 0 Å². The van der Waals surface area contributed by atoms with Crippen LogP contribution in [0, 0.1) is 0 Å². The van der Waals surface area contributed by atoms with Crippen LogP contribution in [0.25, 0.3) is 0 Å². The molecule has 0 nitrogen and oxygen atoms in total. The summed E-state index contributed by atoms with van der Waals surface area (Å²) in [5.41, 5.74) is 5.19. The normalized spacial score (nSPS) is 24.6. The zero-order chi connectivity index (χ0) is 17.0. The molecule has 0 aromatic heterocycles. The van der Waals surface area contributed by atoms with Gasteiger partial charge in [-0.3, -0.25) is 0 Å². The zero-order valence-electron chi connectivity index (χ0n) is 15.3. The van der Waals surface area contributed by atoms with E-state index in [4.69, 9.17) is 0 Å². The summed E-state index contributed by atoms with van der Waals surface area (Å²) in [4.78, 5) is 0. The van der Waals surface area contributed by atoms with E-state index in [1.54, 1.807) is 11.1 Å². The van der Waals surface area contributed by atoms with Gasteiger partial charge in [0.1, 0.15) is 0 Å². The molecular formula is C24H31P. The summed E-state index contributed by atoms with van der Waals surface area (Å²) in [6.07, 6.45) is 12.9. The summed E-state index contributed by atoms with van der Waals surface area (Å²) in [6, 6.07) is 22.9. The molecule has 0 aliphatic heterocycles. The molecule has 0 amide bonds. The highest BCUT2D eigenvalue weighted by atomic mass is 31.1. The van der Waals surface area contributed by atoms with Crippen LogP contribution in [0.1, 0.15) is 68.9 Å². The number of rotatable bonds is 4. The lowest BCUT2D eigenvalue weighted by molar-refractivity contribution is 0.353. The maximum atomic E-state index is 2.40. The van der Waals surface area contributed by atoms with Crippen molar-refractivity contribution >= 4 is 8.58 Å². The molecule has 0 saturated heterocycles. The molecule has 2 aromatic carbocycles. The Morgan fingerprint density at radius 2 is 1.20 bits per heavy atom. The van der Waals surface area contributed by atoms with Gasteiger partial charge in [0.15, 0.2) is 0 Å². The standard InChI is InChI=1S/C24H31P/c1-4-12-20(13-5-1)24(21-14-6-2-7-15-21)19-11-10-18-23(24)25-22-16-8-3-9-17-22/h1-2,4-7,12-15,22-23,25H,3,8-11,16-19H2. The Balaban J connectivity index is 1.74. The number of hydrogen-bond donors (Lipinski definition) is 0. The van der Waals surface area contributed by atoms with E-state index in [9.17, 15) is 0 Å². The average molecular weight is 350 g/mol. The zero-order valence-corrected chi connectivity index (χ0v) is 16.3. The number of benzene rings is 2. The van der Waals surface area contributed by atoms with Gasteiger partial charge >= 0.3 is 0 Å². The van der Waals surface area contributed by atoms with Gasteiger partial charge in [0.2, 0.25) is 0 Å². The minimum Gasteiger partial charge on any atom is -0.114 e. The monoisotopic (exact) mass is 350 g/mol. The summed E-state index contributed by atoms with van der Waals surface area (Å²) >= 11 is 0. The van der Waals surface area contributed by atoms with Crippen molar-refractivity contribution in [2.75, 3.05) is 0 Å². The molecule has 25 heavy (non-hydrogen) atoms. The number of hydrogen-bond acceptors (Lipinski definition) is 0. The van der Waals surface area contributed by atoms with Gasteiger partial charge in [-0.15, -0.1) is 8.58 Å². The van der Waals surface area contributed by atoms with Crippen molar-refractivity contribution in [3.05, 3.63) is 71.8 Å². The molecular weight excluding hydrogens is 319 g/mol. The first kappa shape index (κ1) is 17.3. The van der Waals surface area contributed by atoms with Crippen LogP contribution in [0.2, 0.25) is 0 Å². The molecule has 2 unspecified atom stereocenters. The van der Waals surface area contributed by atoms with Crippen molar-refractivity contribution in [3.8, 4) is 0 Å². The van der Waals surface area contributed by atoms with Gasteiger partial charge in [-0.25, -0.2) is 0 Å². The maximum Gasteiger partial charge on any atom is 0.0267 e. The third kappa shape index (κ3) is 3.56. The first-order valence-electron chi connectivity index (χ1n) is 10.3. The molecule has 2 aromatic rings. The van der Waals surface area contributed by atoms with Crippen LogP contribution in [-0.4, -0.2) is 11.3 Å². The van der Waals surface area contributed by atoms with Crippen molar-refractivity contribution in [1.29, 1.82) is 0 Å². The molecule has 2 aliphatic carbocycles. The van der Waals surface area contributed by atoms with E-state index in [0.29, 0.717) is 0 Å². The van der Waals surface area contributed by atoms with E-state index in [2.05, 4.69) is 60.7 Å². The first-order valence-corrected chi connectivity index (χ1v) is 11.4. The minimum absolute atomic E-state index is 0.247. The topological polar surface area (TPSA) is 0 Å². The molecule has 0 N–H and O–H groups in total. The van der Waals surface area contributed by atoms with Gasteiger partial charge < -0.3 is 0 Å². The third-order valence-electron chi connectivity index (χ3n) is 6.53. The Bertz CT molecular complexity index is 603. The largest absolute Gasteiger partial charge is 0.114 e. The van der Waals surface area contributed by atoms with Crippen LogP contribution >= 0.6 is 8.58 Å². The van der Waals surface area contributed by atoms with Gasteiger partial charge in [-0.2, -0.15) is 0 Å². The predicted molar refractivity (Wildman–Crippen MR) is 111 cm³/mol. The summed E-state index contributed by atoms with van der Waals surface area (Å²) < 4.78 is 0. The fraction of sp³-hybridized carbons (Fsp3) is 0.500. The van der Waals surface area contributed by atoms with E-state index in [-0.39, 0.29) is 5.41 Å². The molecule has 0 radical (unpaired) electrons. The molecule has 0 heterocycles. The second-order valence-corrected chi connectivity index (χ2v) is 9.85. The Morgan fingerprint density at radius 1 is 0.640 bits per heavy atom. The van der Waals surface area contributed by atoms with E-state index < -0.39 is 0 Å². The molecule has 2 atom stereocenters. The van der Waals surface area contributed by atoms with Crippen LogP contribution < -0.4 is 0 Å². The Morgan fingerprint density at radius 3 is 1.80 bits per heavy atom. The Hall–Kier alpha value is -1.13. The smallest absolute Gasteiger partial charge is 0.0267 e. The lowest BCUT2D eigenvalue weighted by Gasteiger charge is -2.47. The second kappa shape index (κ2) is 8.05. The van der Waals surface area contributed by atoms with Crippen molar-refractivity contribution in [3.63, 3.8) is 0 Å². The molecule has 4 rings (SSSR count). The highest BCUT2D eigenvalue weighted by molar-refractivity contribution is 7.40. The van der Waals surface area contributed by atoms with Crippen molar-refractivity contribution in [1.82, 2.24) is 0 Å². The summed E-state index contributed by atoms with van der Waals surface area (Å²) in [5, 5.41) is 0. The Kier molecular flexibility index (Phi) is 5.57. The SMILES string of the molecule is c1ccc(C2(c3ccccc3)CCCCC2PC2CCCCC2)cc1. The Labute approximate surface area is 155 Å². The fourth-order valence-corrected chi connectivity index (χ4v) is 7.72. The predicted octanol–water partition coefficient (Wildman–Crippen LogP) is 6.93. The molecule has 1 heteroatoms. The highest BCUT2D eigenvalue weighted by Crippen LogP contribution is 2.54. The fourth-order valence-electron chi connectivity index (χ4n) is 5.28. The quantitative estimate of drug-likeness (QED) is 0.525. The highest BCUT2D eigenvalue weighted by Gasteiger charge is 2.44. The lowest BCUT2D eigenvalue weighted by atomic mass is 9.65.